The van der Waals surface area contributed by atoms with E-state index in [9.17, 15) is 4.79 Å². The molecule has 0 aliphatic carbocycles. The molecule has 3 heterocycles. The number of anilines is 1. The van der Waals surface area contributed by atoms with E-state index in [1.807, 2.05) is 47.0 Å². The van der Waals surface area contributed by atoms with Crippen LogP contribution in [-0.2, 0) is 11.3 Å². The van der Waals surface area contributed by atoms with Crippen molar-refractivity contribution in [3.05, 3.63) is 59.2 Å². The van der Waals surface area contributed by atoms with Gasteiger partial charge < -0.3 is 10.2 Å². The van der Waals surface area contributed by atoms with Gasteiger partial charge >= 0.3 is 0 Å². The first kappa shape index (κ1) is 16.8. The first-order valence-electron chi connectivity index (χ1n) is 8.78. The Bertz CT molecular complexity index is 903. The Morgan fingerprint density at radius 1 is 1.12 bits per heavy atom. The van der Waals surface area contributed by atoms with Crippen LogP contribution >= 0.6 is 11.6 Å². The summed E-state index contributed by atoms with van der Waals surface area (Å²) in [6.07, 6.45) is 3.52. The smallest absolute Gasteiger partial charge is 0.231 e. The zero-order valence-electron chi connectivity index (χ0n) is 14.3. The van der Waals surface area contributed by atoms with Crippen molar-refractivity contribution < 1.29 is 4.79 Å². The van der Waals surface area contributed by atoms with Gasteiger partial charge in [0.05, 0.1) is 5.02 Å². The molecule has 3 aromatic rings. The molecule has 0 spiro atoms. The monoisotopic (exact) mass is 369 g/mol. The fraction of sp³-hybridized carbons (Fsp3) is 0.316. The van der Waals surface area contributed by atoms with Gasteiger partial charge in [0.2, 0.25) is 11.9 Å². The molecular weight excluding hydrogens is 350 g/mol. The highest BCUT2D eigenvalue weighted by Gasteiger charge is 2.27. The lowest BCUT2D eigenvalue weighted by Gasteiger charge is -2.31. The number of fused-ring (bicyclic) bond motifs is 1. The Morgan fingerprint density at radius 2 is 1.88 bits per heavy atom. The summed E-state index contributed by atoms with van der Waals surface area (Å²) in [6.45, 7) is 2.13. The lowest BCUT2D eigenvalue weighted by molar-refractivity contribution is -0.125. The molecular formula is C19H20ClN5O. The van der Waals surface area contributed by atoms with Crippen LogP contribution in [0.15, 0.2) is 48.7 Å². The van der Waals surface area contributed by atoms with Gasteiger partial charge in [-0.2, -0.15) is 0 Å². The van der Waals surface area contributed by atoms with E-state index >= 15 is 0 Å². The van der Waals surface area contributed by atoms with Crippen molar-refractivity contribution in [2.75, 3.05) is 18.0 Å². The highest BCUT2D eigenvalue weighted by molar-refractivity contribution is 6.33. The van der Waals surface area contributed by atoms with Crippen molar-refractivity contribution in [2.24, 2.45) is 5.92 Å². The Morgan fingerprint density at radius 3 is 2.65 bits per heavy atom. The van der Waals surface area contributed by atoms with E-state index in [1.165, 1.54) is 0 Å². The molecule has 6 nitrogen and oxygen atoms in total. The Hall–Kier alpha value is -2.60. The van der Waals surface area contributed by atoms with Gasteiger partial charge in [0.15, 0.2) is 5.65 Å². The van der Waals surface area contributed by atoms with E-state index in [4.69, 9.17) is 11.6 Å². The molecule has 1 aromatic carbocycles. The number of nitrogens with one attached hydrogen (secondary N) is 1. The van der Waals surface area contributed by atoms with Crippen LogP contribution in [-0.4, -0.2) is 33.6 Å². The second-order valence-corrected chi connectivity index (χ2v) is 6.92. The Balaban J connectivity index is 1.36. The molecule has 0 unspecified atom stereocenters. The number of benzene rings is 1. The fourth-order valence-electron chi connectivity index (χ4n) is 3.36. The van der Waals surface area contributed by atoms with E-state index in [0.717, 1.165) is 37.4 Å². The molecule has 0 saturated carbocycles. The average Bonchev–Trinajstić information content (AvgIpc) is 3.12. The average molecular weight is 370 g/mol. The van der Waals surface area contributed by atoms with Gasteiger partial charge in [-0.05, 0) is 30.5 Å². The number of rotatable bonds is 4. The number of hydrogen-bond acceptors (Lipinski definition) is 4. The number of hydrogen-bond donors (Lipinski definition) is 1. The molecule has 1 saturated heterocycles. The first-order valence-corrected chi connectivity index (χ1v) is 9.16. The molecule has 0 atom stereocenters. The van der Waals surface area contributed by atoms with E-state index in [2.05, 4.69) is 20.4 Å². The number of pyridine rings is 1. The Kier molecular flexibility index (Phi) is 4.75. The molecule has 0 bridgehead atoms. The van der Waals surface area contributed by atoms with Crippen LogP contribution in [0.25, 0.3) is 5.65 Å². The van der Waals surface area contributed by atoms with Crippen LogP contribution in [0.2, 0.25) is 5.02 Å². The predicted octanol–water partition coefficient (Wildman–Crippen LogP) is 2.92. The van der Waals surface area contributed by atoms with Crippen LogP contribution < -0.4 is 10.2 Å². The maximum Gasteiger partial charge on any atom is 0.231 e. The predicted molar refractivity (Wildman–Crippen MR) is 101 cm³/mol. The summed E-state index contributed by atoms with van der Waals surface area (Å²) in [5.74, 6) is 0.950. The van der Waals surface area contributed by atoms with Gasteiger partial charge in [-0.1, -0.05) is 41.9 Å². The van der Waals surface area contributed by atoms with Crippen molar-refractivity contribution in [1.82, 2.24) is 19.9 Å². The second-order valence-electron chi connectivity index (χ2n) is 6.51. The summed E-state index contributed by atoms with van der Waals surface area (Å²) in [5.41, 5.74) is 1.77. The minimum Gasteiger partial charge on any atom is -0.352 e. The minimum absolute atomic E-state index is 0.0396. The number of amides is 1. The van der Waals surface area contributed by atoms with Crippen LogP contribution in [0.3, 0.4) is 0 Å². The molecule has 134 valence electrons. The van der Waals surface area contributed by atoms with E-state index in [1.54, 1.807) is 6.07 Å². The number of nitrogens with zero attached hydrogens (tertiary/aromatic N) is 4. The van der Waals surface area contributed by atoms with Crippen LogP contribution in [0.1, 0.15) is 18.4 Å². The number of aromatic nitrogens is 3. The van der Waals surface area contributed by atoms with Gasteiger partial charge in [-0.3, -0.25) is 9.20 Å². The lowest BCUT2D eigenvalue weighted by Crippen LogP contribution is -2.41. The van der Waals surface area contributed by atoms with Crippen molar-refractivity contribution in [2.45, 2.75) is 19.4 Å². The van der Waals surface area contributed by atoms with Crippen molar-refractivity contribution in [3.8, 4) is 0 Å². The third kappa shape index (κ3) is 3.37. The molecule has 1 N–H and O–H groups in total. The number of carbonyl (C=O) groups is 1. The second kappa shape index (κ2) is 7.33. The molecule has 1 amide bonds. The highest BCUT2D eigenvalue weighted by Crippen LogP contribution is 2.25. The van der Waals surface area contributed by atoms with Crippen molar-refractivity contribution in [3.63, 3.8) is 0 Å². The molecule has 7 heteroatoms. The number of halogens is 1. The SMILES string of the molecule is O=C(NCc1ccccc1)C1CCN(c2nnc3c(Cl)cccn23)CC1. The molecule has 4 rings (SSSR count). The maximum absolute atomic E-state index is 12.4. The highest BCUT2D eigenvalue weighted by atomic mass is 35.5. The number of carbonyl (C=O) groups excluding carboxylic acids is 1. The topological polar surface area (TPSA) is 62.5 Å². The maximum atomic E-state index is 12.4. The van der Waals surface area contributed by atoms with Gasteiger partial charge in [0.1, 0.15) is 0 Å². The Labute approximate surface area is 156 Å². The molecule has 0 radical (unpaired) electrons. The van der Waals surface area contributed by atoms with Crippen LogP contribution in [0.5, 0.6) is 0 Å². The normalized spacial score (nSPS) is 15.3. The van der Waals surface area contributed by atoms with Crippen LogP contribution in [0.4, 0.5) is 5.95 Å². The first-order chi connectivity index (χ1) is 12.7. The third-order valence-corrected chi connectivity index (χ3v) is 5.12. The van der Waals surface area contributed by atoms with Crippen molar-refractivity contribution in [1.29, 1.82) is 0 Å². The molecule has 26 heavy (non-hydrogen) atoms. The van der Waals surface area contributed by atoms with E-state index in [0.29, 0.717) is 17.2 Å². The largest absolute Gasteiger partial charge is 0.352 e. The third-order valence-electron chi connectivity index (χ3n) is 4.83. The van der Waals surface area contributed by atoms with Gasteiger partial charge in [-0.15, -0.1) is 10.2 Å². The van der Waals surface area contributed by atoms with Crippen LogP contribution in [0, 0.1) is 5.92 Å². The fourth-order valence-corrected chi connectivity index (χ4v) is 3.56. The summed E-state index contributed by atoms with van der Waals surface area (Å²) in [4.78, 5) is 14.6. The molecule has 2 aromatic heterocycles. The summed E-state index contributed by atoms with van der Waals surface area (Å²) in [7, 11) is 0. The summed E-state index contributed by atoms with van der Waals surface area (Å²) >= 11 is 6.16. The summed E-state index contributed by atoms with van der Waals surface area (Å²) in [5, 5.41) is 12.1. The van der Waals surface area contributed by atoms with Gasteiger partial charge in [-0.25, -0.2) is 0 Å². The molecule has 1 aliphatic heterocycles. The molecule has 1 fully saturated rings. The standard InChI is InChI=1S/C19H20ClN5O/c20-16-7-4-10-25-17(16)22-23-19(25)24-11-8-15(9-12-24)18(26)21-13-14-5-2-1-3-6-14/h1-7,10,15H,8-9,11-13H2,(H,21,26). The number of piperidine rings is 1. The lowest BCUT2D eigenvalue weighted by atomic mass is 9.96. The van der Waals surface area contributed by atoms with Crippen molar-refractivity contribution >= 4 is 29.1 Å². The summed E-state index contributed by atoms with van der Waals surface area (Å²) in [6, 6.07) is 13.7. The zero-order valence-corrected chi connectivity index (χ0v) is 15.1. The van der Waals surface area contributed by atoms with E-state index in [-0.39, 0.29) is 11.8 Å². The van der Waals surface area contributed by atoms with E-state index < -0.39 is 0 Å². The molecule has 1 aliphatic rings. The van der Waals surface area contributed by atoms with Gasteiger partial charge in [0.25, 0.3) is 0 Å². The van der Waals surface area contributed by atoms with Gasteiger partial charge in [0, 0.05) is 31.7 Å². The minimum atomic E-state index is 0.0396. The summed E-state index contributed by atoms with van der Waals surface area (Å²) < 4.78 is 1.90. The zero-order chi connectivity index (χ0) is 17.9. The quantitative estimate of drug-likeness (QED) is 0.768.